The van der Waals surface area contributed by atoms with E-state index in [0.29, 0.717) is 6.04 Å². The van der Waals surface area contributed by atoms with E-state index in [1.54, 1.807) is 5.57 Å². The van der Waals surface area contributed by atoms with E-state index in [9.17, 15) is 0 Å². The molecule has 2 rings (SSSR count). The van der Waals surface area contributed by atoms with E-state index < -0.39 is 0 Å². The Labute approximate surface area is 81.0 Å². The second kappa shape index (κ2) is 3.33. The standard InChI is InChI=1S/C11H20N2/c1-4-13-8(2)7-10-5-6-12-11(10)9(13)3/h8-9,12H,4-7H2,1-3H3. The van der Waals surface area contributed by atoms with Crippen molar-refractivity contribution in [1.29, 1.82) is 0 Å². The summed E-state index contributed by atoms with van der Waals surface area (Å²) in [7, 11) is 0. The van der Waals surface area contributed by atoms with E-state index in [1.165, 1.54) is 31.6 Å². The van der Waals surface area contributed by atoms with Gasteiger partial charge in [-0.25, -0.2) is 0 Å². The zero-order valence-corrected chi connectivity index (χ0v) is 8.93. The van der Waals surface area contributed by atoms with Crippen LogP contribution in [0.5, 0.6) is 0 Å². The summed E-state index contributed by atoms with van der Waals surface area (Å²) in [5.74, 6) is 0. The average Bonchev–Trinajstić information content (AvgIpc) is 2.53. The third-order valence-corrected chi connectivity index (χ3v) is 3.51. The Morgan fingerprint density at radius 3 is 2.92 bits per heavy atom. The first-order chi connectivity index (χ1) is 6.24. The molecule has 2 unspecified atom stereocenters. The third-order valence-electron chi connectivity index (χ3n) is 3.51. The number of hydrogen-bond donors (Lipinski definition) is 1. The smallest absolute Gasteiger partial charge is 0.0469 e. The second-order valence-corrected chi connectivity index (χ2v) is 4.25. The summed E-state index contributed by atoms with van der Waals surface area (Å²) in [5, 5.41) is 3.53. The van der Waals surface area contributed by atoms with Gasteiger partial charge >= 0.3 is 0 Å². The lowest BCUT2D eigenvalue weighted by Crippen LogP contribution is -2.46. The van der Waals surface area contributed by atoms with Crippen molar-refractivity contribution >= 4 is 0 Å². The molecule has 0 radical (unpaired) electrons. The molecule has 0 fully saturated rings. The SMILES string of the molecule is CCN1C(C)CC2=C(NCC2)C1C. The van der Waals surface area contributed by atoms with Crippen LogP contribution in [0, 0.1) is 0 Å². The molecule has 2 heterocycles. The van der Waals surface area contributed by atoms with Crippen molar-refractivity contribution in [3.63, 3.8) is 0 Å². The summed E-state index contributed by atoms with van der Waals surface area (Å²) >= 11 is 0. The molecule has 0 aromatic heterocycles. The first-order valence-corrected chi connectivity index (χ1v) is 5.45. The highest BCUT2D eigenvalue weighted by molar-refractivity contribution is 5.26. The second-order valence-electron chi connectivity index (χ2n) is 4.25. The monoisotopic (exact) mass is 180 g/mol. The molecule has 2 nitrogen and oxygen atoms in total. The molecule has 0 bridgehead atoms. The molecule has 0 saturated carbocycles. The molecule has 2 atom stereocenters. The van der Waals surface area contributed by atoms with Gasteiger partial charge in [-0.15, -0.1) is 0 Å². The van der Waals surface area contributed by atoms with Crippen LogP contribution in [0.15, 0.2) is 11.3 Å². The summed E-state index contributed by atoms with van der Waals surface area (Å²) in [6.07, 6.45) is 2.56. The van der Waals surface area contributed by atoms with Gasteiger partial charge in [-0.3, -0.25) is 4.90 Å². The van der Waals surface area contributed by atoms with Gasteiger partial charge in [0.2, 0.25) is 0 Å². The molecule has 0 aromatic rings. The summed E-state index contributed by atoms with van der Waals surface area (Å²) in [4.78, 5) is 2.58. The van der Waals surface area contributed by atoms with Crippen molar-refractivity contribution in [3.8, 4) is 0 Å². The predicted molar refractivity (Wildman–Crippen MR) is 55.6 cm³/mol. The van der Waals surface area contributed by atoms with Gasteiger partial charge < -0.3 is 5.32 Å². The molecule has 0 saturated heterocycles. The highest BCUT2D eigenvalue weighted by atomic mass is 15.2. The molecular formula is C11H20N2. The van der Waals surface area contributed by atoms with Crippen molar-refractivity contribution in [1.82, 2.24) is 10.2 Å². The maximum absolute atomic E-state index is 3.53. The van der Waals surface area contributed by atoms with Crippen molar-refractivity contribution in [2.45, 2.75) is 45.7 Å². The Hall–Kier alpha value is -0.500. The quantitative estimate of drug-likeness (QED) is 0.661. The fourth-order valence-corrected chi connectivity index (χ4v) is 2.87. The zero-order chi connectivity index (χ0) is 9.42. The van der Waals surface area contributed by atoms with Crippen LogP contribution in [0.25, 0.3) is 0 Å². The van der Waals surface area contributed by atoms with E-state index in [4.69, 9.17) is 0 Å². The Morgan fingerprint density at radius 2 is 2.23 bits per heavy atom. The van der Waals surface area contributed by atoms with Crippen molar-refractivity contribution in [2.24, 2.45) is 0 Å². The van der Waals surface area contributed by atoms with Crippen LogP contribution in [0.3, 0.4) is 0 Å². The summed E-state index contributed by atoms with van der Waals surface area (Å²) in [6.45, 7) is 9.27. The molecule has 0 amide bonds. The molecule has 74 valence electrons. The fourth-order valence-electron chi connectivity index (χ4n) is 2.87. The maximum atomic E-state index is 3.53. The first kappa shape index (κ1) is 9.07. The normalized spacial score (nSPS) is 34.7. The summed E-state index contributed by atoms with van der Waals surface area (Å²) < 4.78 is 0. The molecular weight excluding hydrogens is 160 g/mol. The number of nitrogens with zero attached hydrogens (tertiary/aromatic N) is 1. The van der Waals surface area contributed by atoms with Crippen LogP contribution in [0.2, 0.25) is 0 Å². The van der Waals surface area contributed by atoms with Gasteiger partial charge in [-0.2, -0.15) is 0 Å². The molecule has 2 heteroatoms. The highest BCUT2D eigenvalue weighted by Crippen LogP contribution is 2.31. The number of rotatable bonds is 1. The lowest BCUT2D eigenvalue weighted by molar-refractivity contribution is 0.165. The van der Waals surface area contributed by atoms with Crippen LogP contribution in [0.1, 0.15) is 33.6 Å². The average molecular weight is 180 g/mol. The predicted octanol–water partition coefficient (Wildman–Crippen LogP) is 1.74. The lowest BCUT2D eigenvalue weighted by Gasteiger charge is -2.39. The molecule has 2 aliphatic heterocycles. The Bertz CT molecular complexity index is 232. The van der Waals surface area contributed by atoms with Gasteiger partial charge in [0.05, 0.1) is 0 Å². The zero-order valence-electron chi connectivity index (χ0n) is 8.93. The van der Waals surface area contributed by atoms with Crippen LogP contribution >= 0.6 is 0 Å². The van der Waals surface area contributed by atoms with Gasteiger partial charge in [-0.05, 0) is 38.8 Å². The van der Waals surface area contributed by atoms with Gasteiger partial charge in [0.1, 0.15) is 0 Å². The summed E-state index contributed by atoms with van der Waals surface area (Å²) in [6, 6.07) is 1.35. The van der Waals surface area contributed by atoms with Crippen LogP contribution in [-0.2, 0) is 0 Å². The van der Waals surface area contributed by atoms with Crippen LogP contribution in [0.4, 0.5) is 0 Å². The molecule has 0 spiro atoms. The molecule has 13 heavy (non-hydrogen) atoms. The molecule has 2 aliphatic rings. The Kier molecular flexibility index (Phi) is 2.33. The third kappa shape index (κ3) is 1.37. The van der Waals surface area contributed by atoms with E-state index in [1.807, 2.05) is 0 Å². The fraction of sp³-hybridized carbons (Fsp3) is 0.818. The topological polar surface area (TPSA) is 15.3 Å². The van der Waals surface area contributed by atoms with E-state index in [0.717, 1.165) is 6.04 Å². The largest absolute Gasteiger partial charge is 0.387 e. The summed E-state index contributed by atoms with van der Waals surface area (Å²) in [5.41, 5.74) is 3.21. The molecule has 0 aromatic carbocycles. The van der Waals surface area contributed by atoms with E-state index in [-0.39, 0.29) is 0 Å². The minimum absolute atomic E-state index is 0.617. The van der Waals surface area contributed by atoms with Gasteiger partial charge in [0.15, 0.2) is 0 Å². The van der Waals surface area contributed by atoms with E-state index >= 15 is 0 Å². The van der Waals surface area contributed by atoms with Crippen molar-refractivity contribution in [3.05, 3.63) is 11.3 Å². The minimum atomic E-state index is 0.617. The molecule has 0 aliphatic carbocycles. The molecule has 1 N–H and O–H groups in total. The van der Waals surface area contributed by atoms with Crippen molar-refractivity contribution in [2.75, 3.05) is 13.1 Å². The Balaban J connectivity index is 2.22. The van der Waals surface area contributed by atoms with Crippen LogP contribution in [-0.4, -0.2) is 30.1 Å². The minimum Gasteiger partial charge on any atom is -0.387 e. The Morgan fingerprint density at radius 1 is 1.46 bits per heavy atom. The van der Waals surface area contributed by atoms with Gasteiger partial charge in [-0.1, -0.05) is 6.92 Å². The lowest BCUT2D eigenvalue weighted by atomic mass is 9.94. The number of hydrogen-bond acceptors (Lipinski definition) is 2. The maximum Gasteiger partial charge on any atom is 0.0469 e. The van der Waals surface area contributed by atoms with Gasteiger partial charge in [0.25, 0.3) is 0 Å². The van der Waals surface area contributed by atoms with Crippen molar-refractivity contribution < 1.29 is 0 Å². The number of likely N-dealkylation sites (N-methyl/N-ethyl adjacent to an activating group) is 1. The first-order valence-electron chi connectivity index (χ1n) is 5.45. The highest BCUT2D eigenvalue weighted by Gasteiger charge is 2.31. The number of nitrogens with one attached hydrogen (secondary N) is 1. The van der Waals surface area contributed by atoms with Gasteiger partial charge in [0, 0.05) is 24.3 Å². The van der Waals surface area contributed by atoms with E-state index in [2.05, 4.69) is 31.0 Å². The van der Waals surface area contributed by atoms with Crippen LogP contribution < -0.4 is 5.32 Å².